The number of carbonyl (C=O) groups excluding carboxylic acids is 2. The van der Waals surface area contributed by atoms with Crippen LogP contribution in [0.2, 0.25) is 0 Å². The van der Waals surface area contributed by atoms with Gasteiger partial charge in [-0.3, -0.25) is 9.59 Å². The summed E-state index contributed by atoms with van der Waals surface area (Å²) in [6.45, 7) is 2.27. The van der Waals surface area contributed by atoms with E-state index in [9.17, 15) is 9.59 Å². The molecule has 0 saturated carbocycles. The van der Waals surface area contributed by atoms with E-state index in [1.165, 1.54) is 5.56 Å². The lowest BCUT2D eigenvalue weighted by Gasteiger charge is -2.08. The molecule has 0 fully saturated rings. The Labute approximate surface area is 135 Å². The maximum absolute atomic E-state index is 11.7. The molecule has 0 bridgehead atoms. The molecule has 2 N–H and O–H groups in total. The topological polar surface area (TPSA) is 67.4 Å². The Morgan fingerprint density at radius 3 is 2.30 bits per heavy atom. The third-order valence-corrected chi connectivity index (χ3v) is 3.17. The second-order valence-corrected chi connectivity index (χ2v) is 5.14. The molecule has 0 radical (unpaired) electrons. The number of benzene rings is 2. The summed E-state index contributed by atoms with van der Waals surface area (Å²) >= 11 is 0. The van der Waals surface area contributed by atoms with Gasteiger partial charge in [-0.2, -0.15) is 0 Å². The lowest BCUT2D eigenvalue weighted by atomic mass is 10.1. The summed E-state index contributed by atoms with van der Waals surface area (Å²) in [5, 5.41) is 5.28. The van der Waals surface area contributed by atoms with Gasteiger partial charge in [-0.1, -0.05) is 48.0 Å². The number of hydrogen-bond donors (Lipinski definition) is 2. The van der Waals surface area contributed by atoms with Gasteiger partial charge in [0.2, 0.25) is 5.91 Å². The zero-order valence-electron chi connectivity index (χ0n) is 13.0. The minimum atomic E-state index is -0.334. The third kappa shape index (κ3) is 6.22. The summed E-state index contributed by atoms with van der Waals surface area (Å²) < 4.78 is 5.30. The second-order valence-electron chi connectivity index (χ2n) is 5.14. The number of para-hydroxylation sites is 1. The molecule has 23 heavy (non-hydrogen) atoms. The smallest absolute Gasteiger partial charge is 0.258 e. The van der Waals surface area contributed by atoms with Crippen LogP contribution in [0.25, 0.3) is 0 Å². The van der Waals surface area contributed by atoms with Gasteiger partial charge in [0.25, 0.3) is 5.91 Å². The predicted octanol–water partition coefficient (Wildman–Crippen LogP) is 1.81. The van der Waals surface area contributed by atoms with Crippen molar-refractivity contribution in [3.05, 3.63) is 65.7 Å². The number of aryl methyl sites for hydroxylation is 1. The van der Waals surface area contributed by atoms with Crippen LogP contribution in [0.1, 0.15) is 11.1 Å². The predicted molar refractivity (Wildman–Crippen MR) is 88.0 cm³/mol. The Kier molecular flexibility index (Phi) is 6.17. The Balaban J connectivity index is 1.63. The van der Waals surface area contributed by atoms with Crippen LogP contribution in [-0.4, -0.2) is 25.0 Å². The van der Waals surface area contributed by atoms with E-state index in [0.717, 1.165) is 5.56 Å². The van der Waals surface area contributed by atoms with Crippen LogP contribution in [0.3, 0.4) is 0 Å². The number of nitrogens with one attached hydrogen (secondary N) is 2. The fourth-order valence-electron chi connectivity index (χ4n) is 1.86. The summed E-state index contributed by atoms with van der Waals surface area (Å²) in [7, 11) is 0. The average Bonchev–Trinajstić information content (AvgIpc) is 2.58. The molecule has 5 heteroatoms. The molecule has 2 aromatic carbocycles. The Bertz CT molecular complexity index is 639. The molecular formula is C18H20N2O3. The van der Waals surface area contributed by atoms with Crippen LogP contribution < -0.4 is 15.4 Å². The van der Waals surface area contributed by atoms with Crippen LogP contribution in [0.5, 0.6) is 5.75 Å². The Morgan fingerprint density at radius 1 is 0.913 bits per heavy atom. The zero-order chi connectivity index (χ0) is 16.5. The molecule has 0 aliphatic rings. The van der Waals surface area contributed by atoms with Crippen LogP contribution in [0, 0.1) is 6.92 Å². The van der Waals surface area contributed by atoms with E-state index in [-0.39, 0.29) is 25.0 Å². The quantitative estimate of drug-likeness (QED) is 0.819. The van der Waals surface area contributed by atoms with Crippen molar-refractivity contribution in [3.8, 4) is 5.75 Å². The highest BCUT2D eigenvalue weighted by Crippen LogP contribution is 2.07. The minimum absolute atomic E-state index is 0.0666. The largest absolute Gasteiger partial charge is 0.484 e. The second kappa shape index (κ2) is 8.58. The monoisotopic (exact) mass is 312 g/mol. The zero-order valence-corrected chi connectivity index (χ0v) is 13.0. The first-order valence-corrected chi connectivity index (χ1v) is 7.40. The summed E-state index contributed by atoms with van der Waals surface area (Å²) in [5.74, 6) is 0.0458. The van der Waals surface area contributed by atoms with Gasteiger partial charge in [-0.15, -0.1) is 0 Å². The van der Waals surface area contributed by atoms with E-state index in [4.69, 9.17) is 4.74 Å². The molecule has 120 valence electrons. The molecule has 0 spiro atoms. The SMILES string of the molecule is Cc1ccc(CNC(=O)CNC(=O)COc2ccccc2)cc1. The van der Waals surface area contributed by atoms with Crippen molar-refractivity contribution in [1.82, 2.24) is 10.6 Å². The number of rotatable bonds is 7. The van der Waals surface area contributed by atoms with E-state index < -0.39 is 0 Å². The van der Waals surface area contributed by atoms with Gasteiger partial charge >= 0.3 is 0 Å². The highest BCUT2D eigenvalue weighted by molar-refractivity contribution is 5.85. The number of amides is 2. The fourth-order valence-corrected chi connectivity index (χ4v) is 1.86. The van der Waals surface area contributed by atoms with Crippen molar-refractivity contribution in [2.45, 2.75) is 13.5 Å². The summed E-state index contributed by atoms with van der Waals surface area (Å²) in [6.07, 6.45) is 0. The first kappa shape index (κ1) is 16.5. The fraction of sp³-hybridized carbons (Fsp3) is 0.222. The van der Waals surface area contributed by atoms with Crippen LogP contribution in [0.15, 0.2) is 54.6 Å². The number of hydrogen-bond acceptors (Lipinski definition) is 3. The van der Waals surface area contributed by atoms with Crippen LogP contribution in [0.4, 0.5) is 0 Å². The first-order valence-electron chi connectivity index (χ1n) is 7.40. The standard InChI is InChI=1S/C18H20N2O3/c1-14-7-9-15(10-8-14)11-19-17(21)12-20-18(22)13-23-16-5-3-2-4-6-16/h2-10H,11-13H2,1H3,(H,19,21)(H,20,22). The van der Waals surface area contributed by atoms with Crippen LogP contribution in [-0.2, 0) is 16.1 Å². The molecule has 2 amide bonds. The van der Waals surface area contributed by atoms with Gasteiger partial charge in [-0.05, 0) is 24.6 Å². The van der Waals surface area contributed by atoms with Crippen molar-refractivity contribution in [1.29, 1.82) is 0 Å². The van der Waals surface area contributed by atoms with Gasteiger partial charge in [0.05, 0.1) is 6.54 Å². The molecule has 0 unspecified atom stereocenters. The molecule has 0 atom stereocenters. The molecular weight excluding hydrogens is 292 g/mol. The highest BCUT2D eigenvalue weighted by atomic mass is 16.5. The van der Waals surface area contributed by atoms with E-state index in [1.54, 1.807) is 12.1 Å². The van der Waals surface area contributed by atoms with E-state index >= 15 is 0 Å². The molecule has 0 aromatic heterocycles. The molecule has 0 saturated heterocycles. The molecule has 2 rings (SSSR count). The van der Waals surface area contributed by atoms with Crippen molar-refractivity contribution < 1.29 is 14.3 Å². The van der Waals surface area contributed by atoms with Crippen molar-refractivity contribution in [2.24, 2.45) is 0 Å². The minimum Gasteiger partial charge on any atom is -0.484 e. The molecule has 5 nitrogen and oxygen atoms in total. The third-order valence-electron chi connectivity index (χ3n) is 3.17. The number of carbonyl (C=O) groups is 2. The Hall–Kier alpha value is -2.82. The molecule has 2 aromatic rings. The molecule has 0 heterocycles. The van der Waals surface area contributed by atoms with Crippen molar-refractivity contribution >= 4 is 11.8 Å². The molecule has 0 aliphatic carbocycles. The lowest BCUT2D eigenvalue weighted by molar-refractivity contribution is -0.127. The van der Waals surface area contributed by atoms with Gasteiger partial charge in [-0.25, -0.2) is 0 Å². The maximum Gasteiger partial charge on any atom is 0.258 e. The van der Waals surface area contributed by atoms with Crippen LogP contribution >= 0.6 is 0 Å². The first-order chi connectivity index (χ1) is 11.1. The normalized spacial score (nSPS) is 9.96. The van der Waals surface area contributed by atoms with Crippen molar-refractivity contribution in [2.75, 3.05) is 13.2 Å². The Morgan fingerprint density at radius 2 is 1.61 bits per heavy atom. The maximum atomic E-state index is 11.7. The summed E-state index contributed by atoms with van der Waals surface area (Å²) in [5.41, 5.74) is 2.19. The van der Waals surface area contributed by atoms with Gasteiger partial charge in [0, 0.05) is 6.54 Å². The number of ether oxygens (including phenoxy) is 1. The van der Waals surface area contributed by atoms with Crippen molar-refractivity contribution in [3.63, 3.8) is 0 Å². The summed E-state index contributed by atoms with van der Waals surface area (Å²) in [6, 6.07) is 16.9. The van der Waals surface area contributed by atoms with Gasteiger partial charge in [0.15, 0.2) is 6.61 Å². The van der Waals surface area contributed by atoms with Gasteiger partial charge < -0.3 is 15.4 Å². The van der Waals surface area contributed by atoms with E-state index in [2.05, 4.69) is 10.6 Å². The van der Waals surface area contributed by atoms with Gasteiger partial charge in [0.1, 0.15) is 5.75 Å². The molecule has 0 aliphatic heterocycles. The lowest BCUT2D eigenvalue weighted by Crippen LogP contribution is -2.38. The van der Waals surface area contributed by atoms with E-state index in [0.29, 0.717) is 12.3 Å². The average molecular weight is 312 g/mol. The van der Waals surface area contributed by atoms with E-state index in [1.807, 2.05) is 49.4 Å². The highest BCUT2D eigenvalue weighted by Gasteiger charge is 2.06. The summed E-state index contributed by atoms with van der Waals surface area (Å²) in [4.78, 5) is 23.3.